The molecule has 0 spiro atoms. The summed E-state index contributed by atoms with van der Waals surface area (Å²) in [6, 6.07) is 0. The van der Waals surface area contributed by atoms with Crippen LogP contribution in [0.1, 0.15) is 32.1 Å². The predicted octanol–water partition coefficient (Wildman–Crippen LogP) is 1.59. The molecule has 1 amide bonds. The van der Waals surface area contributed by atoms with Crippen molar-refractivity contribution in [3.05, 3.63) is 6.33 Å². The number of aromatic nitrogens is 3. The Kier molecular flexibility index (Phi) is 4.85. The molecule has 1 aromatic heterocycles. The van der Waals surface area contributed by atoms with Crippen molar-refractivity contribution in [1.82, 2.24) is 20.5 Å². The van der Waals surface area contributed by atoms with E-state index in [0.717, 1.165) is 6.54 Å². The van der Waals surface area contributed by atoms with E-state index in [-0.39, 0.29) is 5.91 Å². The van der Waals surface area contributed by atoms with Crippen LogP contribution in [0.2, 0.25) is 0 Å². The third kappa shape index (κ3) is 4.38. The molecule has 1 aliphatic rings. The summed E-state index contributed by atoms with van der Waals surface area (Å²) < 4.78 is 0. The van der Waals surface area contributed by atoms with E-state index >= 15 is 0 Å². The normalized spacial score (nSPS) is 16.9. The van der Waals surface area contributed by atoms with Crippen molar-refractivity contribution in [3.8, 4) is 0 Å². The van der Waals surface area contributed by atoms with Crippen LogP contribution in [-0.2, 0) is 4.79 Å². The summed E-state index contributed by atoms with van der Waals surface area (Å²) in [5, 5.41) is 10.1. The number of amides is 1. The maximum atomic E-state index is 11.6. The molecule has 0 bridgehead atoms. The van der Waals surface area contributed by atoms with Gasteiger partial charge in [-0.05, 0) is 18.8 Å². The van der Waals surface area contributed by atoms with Crippen LogP contribution in [0.25, 0.3) is 0 Å². The maximum absolute atomic E-state index is 11.6. The number of carbonyl (C=O) groups excluding carboxylic acids is 1. The van der Waals surface area contributed by atoms with Crippen LogP contribution < -0.4 is 5.32 Å². The Balaban J connectivity index is 1.60. The molecular formula is C11H18N4OS. The van der Waals surface area contributed by atoms with Gasteiger partial charge in [0.15, 0.2) is 5.16 Å². The van der Waals surface area contributed by atoms with Gasteiger partial charge in [0.25, 0.3) is 0 Å². The first-order valence-corrected chi connectivity index (χ1v) is 7.08. The zero-order chi connectivity index (χ0) is 11.9. The highest BCUT2D eigenvalue weighted by Gasteiger charge is 2.14. The number of rotatable bonds is 5. The summed E-state index contributed by atoms with van der Waals surface area (Å²) in [5.41, 5.74) is 0. The summed E-state index contributed by atoms with van der Waals surface area (Å²) in [7, 11) is 0. The molecule has 0 atom stereocenters. The molecule has 0 saturated heterocycles. The van der Waals surface area contributed by atoms with Crippen LogP contribution >= 0.6 is 11.8 Å². The van der Waals surface area contributed by atoms with Crippen molar-refractivity contribution in [1.29, 1.82) is 0 Å². The Morgan fingerprint density at radius 2 is 2.29 bits per heavy atom. The number of nitrogens with one attached hydrogen (secondary N) is 2. The number of hydrogen-bond acceptors (Lipinski definition) is 4. The molecule has 1 aliphatic carbocycles. The summed E-state index contributed by atoms with van der Waals surface area (Å²) in [6.07, 6.45) is 7.94. The van der Waals surface area contributed by atoms with Gasteiger partial charge in [-0.3, -0.25) is 9.89 Å². The van der Waals surface area contributed by atoms with Gasteiger partial charge in [0.1, 0.15) is 6.33 Å². The average molecular weight is 254 g/mol. The largest absolute Gasteiger partial charge is 0.355 e. The lowest BCUT2D eigenvalue weighted by atomic mass is 9.89. The molecule has 2 rings (SSSR count). The van der Waals surface area contributed by atoms with Crippen molar-refractivity contribution < 1.29 is 4.79 Å². The molecular weight excluding hydrogens is 236 g/mol. The van der Waals surface area contributed by atoms with Crippen molar-refractivity contribution in [2.45, 2.75) is 37.3 Å². The number of carbonyl (C=O) groups is 1. The summed E-state index contributed by atoms with van der Waals surface area (Å²) in [6.45, 7) is 0.829. The molecule has 2 N–H and O–H groups in total. The lowest BCUT2D eigenvalue weighted by molar-refractivity contribution is -0.118. The van der Waals surface area contributed by atoms with Gasteiger partial charge in [-0.15, -0.1) is 0 Å². The lowest BCUT2D eigenvalue weighted by Gasteiger charge is -2.21. The summed E-state index contributed by atoms with van der Waals surface area (Å²) >= 11 is 1.38. The standard InChI is InChI=1S/C11H18N4OS/c16-10(7-17-11-13-8-14-15-11)12-6-9-4-2-1-3-5-9/h8-9H,1-7H2,(H,12,16)(H,13,14,15). The Hall–Kier alpha value is -1.04. The molecule has 0 radical (unpaired) electrons. The summed E-state index contributed by atoms with van der Waals surface area (Å²) in [4.78, 5) is 15.5. The second kappa shape index (κ2) is 6.64. The second-order valence-electron chi connectivity index (χ2n) is 4.39. The van der Waals surface area contributed by atoms with E-state index in [1.54, 1.807) is 0 Å². The van der Waals surface area contributed by atoms with Gasteiger partial charge in [0.05, 0.1) is 5.75 Å². The van der Waals surface area contributed by atoms with Crippen LogP contribution in [0, 0.1) is 5.92 Å². The van der Waals surface area contributed by atoms with Crippen LogP contribution in [0.3, 0.4) is 0 Å². The highest BCUT2D eigenvalue weighted by atomic mass is 32.2. The number of H-pyrrole nitrogens is 1. The van der Waals surface area contributed by atoms with Crippen LogP contribution in [0.4, 0.5) is 0 Å². The van der Waals surface area contributed by atoms with E-state index in [0.29, 0.717) is 16.8 Å². The van der Waals surface area contributed by atoms with Crippen LogP contribution in [-0.4, -0.2) is 33.4 Å². The van der Waals surface area contributed by atoms with Gasteiger partial charge >= 0.3 is 0 Å². The van der Waals surface area contributed by atoms with Crippen molar-refractivity contribution in [3.63, 3.8) is 0 Å². The lowest BCUT2D eigenvalue weighted by Crippen LogP contribution is -2.31. The fourth-order valence-electron chi connectivity index (χ4n) is 2.10. The average Bonchev–Trinajstić information content (AvgIpc) is 2.88. The third-order valence-corrected chi connectivity index (χ3v) is 3.92. The van der Waals surface area contributed by atoms with Crippen LogP contribution in [0.15, 0.2) is 11.5 Å². The maximum Gasteiger partial charge on any atom is 0.230 e. The first-order valence-electron chi connectivity index (χ1n) is 6.09. The van der Waals surface area contributed by atoms with E-state index in [2.05, 4.69) is 20.5 Å². The minimum Gasteiger partial charge on any atom is -0.355 e. The number of thioether (sulfide) groups is 1. The van der Waals surface area contributed by atoms with E-state index < -0.39 is 0 Å². The van der Waals surface area contributed by atoms with Gasteiger partial charge in [0, 0.05) is 6.54 Å². The van der Waals surface area contributed by atoms with Crippen molar-refractivity contribution in [2.24, 2.45) is 5.92 Å². The van der Waals surface area contributed by atoms with E-state index in [4.69, 9.17) is 0 Å². The molecule has 0 aromatic carbocycles. The first-order chi connectivity index (χ1) is 8.34. The molecule has 1 fully saturated rings. The van der Waals surface area contributed by atoms with Gasteiger partial charge in [-0.25, -0.2) is 4.98 Å². The molecule has 1 saturated carbocycles. The highest BCUT2D eigenvalue weighted by molar-refractivity contribution is 7.99. The Bertz CT molecular complexity index is 335. The molecule has 5 nitrogen and oxygen atoms in total. The minimum absolute atomic E-state index is 0.0805. The van der Waals surface area contributed by atoms with Crippen molar-refractivity contribution in [2.75, 3.05) is 12.3 Å². The highest BCUT2D eigenvalue weighted by Crippen LogP contribution is 2.22. The number of hydrogen-bond donors (Lipinski definition) is 2. The fourth-order valence-corrected chi connectivity index (χ4v) is 2.71. The second-order valence-corrected chi connectivity index (χ2v) is 5.35. The Morgan fingerprint density at radius 3 is 3.00 bits per heavy atom. The van der Waals surface area contributed by atoms with E-state index in [9.17, 15) is 4.79 Å². The summed E-state index contributed by atoms with van der Waals surface area (Å²) in [5.74, 6) is 1.17. The zero-order valence-electron chi connectivity index (χ0n) is 9.82. The van der Waals surface area contributed by atoms with Gasteiger partial charge < -0.3 is 5.32 Å². The smallest absolute Gasteiger partial charge is 0.230 e. The third-order valence-electron chi connectivity index (χ3n) is 3.05. The Labute approximate surface area is 105 Å². The van der Waals surface area contributed by atoms with Gasteiger partial charge in [-0.2, -0.15) is 5.10 Å². The van der Waals surface area contributed by atoms with Gasteiger partial charge in [-0.1, -0.05) is 31.0 Å². The Morgan fingerprint density at radius 1 is 1.47 bits per heavy atom. The quantitative estimate of drug-likeness (QED) is 0.783. The topological polar surface area (TPSA) is 70.7 Å². The van der Waals surface area contributed by atoms with Gasteiger partial charge in [0.2, 0.25) is 5.91 Å². The monoisotopic (exact) mass is 254 g/mol. The molecule has 0 unspecified atom stereocenters. The van der Waals surface area contributed by atoms with Crippen molar-refractivity contribution >= 4 is 17.7 Å². The molecule has 6 heteroatoms. The van der Waals surface area contributed by atoms with E-state index in [1.807, 2.05) is 0 Å². The SMILES string of the molecule is O=C(CSc1ncn[nH]1)NCC1CCCCC1. The first kappa shape index (κ1) is 12.4. The number of nitrogens with zero attached hydrogens (tertiary/aromatic N) is 2. The number of aromatic amines is 1. The zero-order valence-corrected chi connectivity index (χ0v) is 10.6. The molecule has 94 valence electrons. The molecule has 1 heterocycles. The molecule has 17 heavy (non-hydrogen) atoms. The van der Waals surface area contributed by atoms with Crippen LogP contribution in [0.5, 0.6) is 0 Å². The van der Waals surface area contributed by atoms with E-state index in [1.165, 1.54) is 50.2 Å². The fraction of sp³-hybridized carbons (Fsp3) is 0.727. The molecule has 1 aromatic rings. The minimum atomic E-state index is 0.0805. The predicted molar refractivity (Wildman–Crippen MR) is 66.7 cm³/mol. The molecule has 0 aliphatic heterocycles.